The van der Waals surface area contributed by atoms with Crippen LogP contribution in [0.1, 0.15) is 34.6 Å². The molecule has 0 unspecified atom stereocenters. The van der Waals surface area contributed by atoms with Gasteiger partial charge in [0, 0.05) is 43.0 Å². The van der Waals surface area contributed by atoms with Crippen molar-refractivity contribution in [2.45, 2.75) is 24.2 Å². The molecule has 0 aliphatic carbocycles. The SMILES string of the molecule is O=C([C@H]1CCN(CCc2ccc(Cl)cc2)C[C@@H]1c1ccc(F)cc1)N1CC(c2ccccc2)(c2ccccc2)C1. The molecule has 5 heteroatoms. The Balaban J connectivity index is 1.20. The maximum Gasteiger partial charge on any atom is 0.226 e. The molecule has 0 aromatic heterocycles. The van der Waals surface area contributed by atoms with Crippen molar-refractivity contribution in [3.8, 4) is 0 Å². The molecule has 2 fully saturated rings. The summed E-state index contributed by atoms with van der Waals surface area (Å²) in [7, 11) is 0. The predicted molar refractivity (Wildman–Crippen MR) is 159 cm³/mol. The van der Waals surface area contributed by atoms with Crippen molar-refractivity contribution in [3.63, 3.8) is 0 Å². The number of carbonyl (C=O) groups excluding carboxylic acids is 1. The van der Waals surface area contributed by atoms with Gasteiger partial charge in [-0.15, -0.1) is 0 Å². The Labute approximate surface area is 241 Å². The maximum atomic E-state index is 14.1. The third-order valence-electron chi connectivity index (χ3n) is 8.83. The molecule has 0 N–H and O–H groups in total. The molecule has 0 bridgehead atoms. The molecule has 0 radical (unpaired) electrons. The number of rotatable bonds is 7. The molecule has 2 aliphatic rings. The van der Waals surface area contributed by atoms with E-state index in [9.17, 15) is 9.18 Å². The fourth-order valence-corrected chi connectivity index (χ4v) is 6.67. The molecule has 2 aliphatic heterocycles. The highest BCUT2D eigenvalue weighted by Crippen LogP contribution is 2.43. The summed E-state index contributed by atoms with van der Waals surface area (Å²) in [4.78, 5) is 18.6. The lowest BCUT2D eigenvalue weighted by molar-refractivity contribution is -0.144. The van der Waals surface area contributed by atoms with Crippen molar-refractivity contribution in [2.75, 3.05) is 32.7 Å². The number of amides is 1. The highest BCUT2D eigenvalue weighted by Gasteiger charge is 2.50. The summed E-state index contributed by atoms with van der Waals surface area (Å²) < 4.78 is 13.8. The summed E-state index contributed by atoms with van der Waals surface area (Å²) in [5.41, 5.74) is 4.59. The van der Waals surface area contributed by atoms with Gasteiger partial charge in [-0.3, -0.25) is 4.79 Å². The van der Waals surface area contributed by atoms with Crippen molar-refractivity contribution >= 4 is 17.5 Å². The van der Waals surface area contributed by atoms with Crippen molar-refractivity contribution < 1.29 is 9.18 Å². The van der Waals surface area contributed by atoms with Crippen LogP contribution < -0.4 is 0 Å². The average molecular weight is 553 g/mol. The molecule has 2 saturated heterocycles. The maximum absolute atomic E-state index is 14.1. The molecular weight excluding hydrogens is 519 g/mol. The molecular formula is C35H34ClFN2O. The molecule has 2 atom stereocenters. The first-order valence-corrected chi connectivity index (χ1v) is 14.5. The molecule has 6 rings (SSSR count). The third-order valence-corrected chi connectivity index (χ3v) is 9.08. The van der Waals surface area contributed by atoms with Gasteiger partial charge in [-0.25, -0.2) is 4.39 Å². The number of hydrogen-bond acceptors (Lipinski definition) is 2. The van der Waals surface area contributed by atoms with E-state index in [-0.39, 0.29) is 29.0 Å². The van der Waals surface area contributed by atoms with E-state index in [1.165, 1.54) is 28.8 Å². The molecule has 4 aromatic rings. The topological polar surface area (TPSA) is 23.6 Å². The van der Waals surface area contributed by atoms with Crippen LogP contribution in [0.5, 0.6) is 0 Å². The van der Waals surface area contributed by atoms with Crippen molar-refractivity contribution in [1.82, 2.24) is 9.80 Å². The molecule has 204 valence electrons. The second kappa shape index (κ2) is 11.6. The van der Waals surface area contributed by atoms with E-state index < -0.39 is 0 Å². The van der Waals surface area contributed by atoms with Gasteiger partial charge in [0.1, 0.15) is 5.82 Å². The molecule has 2 heterocycles. The molecule has 0 spiro atoms. The van der Waals surface area contributed by atoms with E-state index in [1.54, 1.807) is 0 Å². The van der Waals surface area contributed by atoms with E-state index >= 15 is 0 Å². The van der Waals surface area contributed by atoms with Crippen LogP contribution in [0.25, 0.3) is 0 Å². The monoisotopic (exact) mass is 552 g/mol. The zero-order chi connectivity index (χ0) is 27.5. The summed E-state index contributed by atoms with van der Waals surface area (Å²) >= 11 is 6.06. The quantitative estimate of drug-likeness (QED) is 0.247. The standard InChI is InChI=1S/C35H34ClFN2O/c36-30-15-11-26(12-16-30)19-21-38-22-20-32(33(23-38)27-13-17-31(37)18-14-27)34(40)39-24-35(25-39,28-7-3-1-4-8-28)29-9-5-2-6-10-29/h1-18,32-33H,19-25H2/t32-,33+/m0/s1. The number of benzene rings is 4. The van der Waals surface area contributed by atoms with Crippen molar-refractivity contribution in [2.24, 2.45) is 5.92 Å². The number of carbonyl (C=O) groups is 1. The Bertz CT molecular complexity index is 1380. The Morgan fingerprint density at radius 2 is 1.43 bits per heavy atom. The highest BCUT2D eigenvalue weighted by molar-refractivity contribution is 6.30. The van der Waals surface area contributed by atoms with Gasteiger partial charge < -0.3 is 9.80 Å². The van der Waals surface area contributed by atoms with Gasteiger partial charge >= 0.3 is 0 Å². The van der Waals surface area contributed by atoms with Crippen LogP contribution in [-0.2, 0) is 16.6 Å². The summed E-state index contributed by atoms with van der Waals surface area (Å²) in [6.45, 7) is 3.92. The zero-order valence-corrected chi connectivity index (χ0v) is 23.3. The summed E-state index contributed by atoms with van der Waals surface area (Å²) in [5.74, 6) is -0.133. The van der Waals surface area contributed by atoms with E-state index in [2.05, 4.69) is 65.6 Å². The molecule has 3 nitrogen and oxygen atoms in total. The van der Waals surface area contributed by atoms with Gasteiger partial charge in [-0.1, -0.05) is 96.5 Å². The van der Waals surface area contributed by atoms with Gasteiger partial charge in [-0.05, 0) is 65.9 Å². The van der Waals surface area contributed by atoms with Crippen LogP contribution >= 0.6 is 11.6 Å². The lowest BCUT2D eigenvalue weighted by Gasteiger charge is -2.53. The second-order valence-corrected chi connectivity index (χ2v) is 11.7. The van der Waals surface area contributed by atoms with Gasteiger partial charge in [0.25, 0.3) is 0 Å². The lowest BCUT2D eigenvalue weighted by atomic mass is 9.67. The molecule has 40 heavy (non-hydrogen) atoms. The molecule has 0 saturated carbocycles. The van der Waals surface area contributed by atoms with E-state index in [4.69, 9.17) is 11.6 Å². The Kier molecular flexibility index (Phi) is 7.73. The first kappa shape index (κ1) is 26.7. The van der Waals surface area contributed by atoms with Crippen LogP contribution in [0.4, 0.5) is 4.39 Å². The second-order valence-electron chi connectivity index (χ2n) is 11.2. The van der Waals surface area contributed by atoms with Crippen LogP contribution in [0.2, 0.25) is 5.02 Å². The van der Waals surface area contributed by atoms with Gasteiger partial charge in [-0.2, -0.15) is 0 Å². The smallest absolute Gasteiger partial charge is 0.226 e. The van der Waals surface area contributed by atoms with Gasteiger partial charge in [0.2, 0.25) is 5.91 Å². The van der Waals surface area contributed by atoms with Crippen molar-refractivity contribution in [3.05, 3.63) is 142 Å². The number of halogens is 2. The normalized spacial score (nSPS) is 20.6. The largest absolute Gasteiger partial charge is 0.340 e. The van der Waals surface area contributed by atoms with Crippen LogP contribution in [0.15, 0.2) is 109 Å². The fraction of sp³-hybridized carbons (Fsp3) is 0.286. The highest BCUT2D eigenvalue weighted by atomic mass is 35.5. The lowest BCUT2D eigenvalue weighted by Crippen LogP contribution is -2.63. The minimum atomic E-state index is -0.250. The summed E-state index contributed by atoms with van der Waals surface area (Å²) in [6, 6.07) is 35.9. The minimum Gasteiger partial charge on any atom is -0.340 e. The summed E-state index contributed by atoms with van der Waals surface area (Å²) in [5, 5.41) is 0.744. The first-order chi connectivity index (χ1) is 19.5. The first-order valence-electron chi connectivity index (χ1n) is 14.1. The number of nitrogens with zero attached hydrogens (tertiary/aromatic N) is 2. The zero-order valence-electron chi connectivity index (χ0n) is 22.6. The number of piperidine rings is 1. The van der Waals surface area contributed by atoms with Crippen molar-refractivity contribution in [1.29, 1.82) is 0 Å². The van der Waals surface area contributed by atoms with Gasteiger partial charge in [0.15, 0.2) is 0 Å². The number of likely N-dealkylation sites (tertiary alicyclic amines) is 2. The minimum absolute atomic E-state index is 0.0236. The predicted octanol–water partition coefficient (Wildman–Crippen LogP) is 6.96. The number of hydrogen-bond donors (Lipinski definition) is 0. The Morgan fingerprint density at radius 3 is 2.02 bits per heavy atom. The van der Waals surface area contributed by atoms with Crippen LogP contribution in [0, 0.1) is 11.7 Å². The molecule has 4 aromatic carbocycles. The van der Waals surface area contributed by atoms with Crippen LogP contribution in [-0.4, -0.2) is 48.4 Å². The fourth-order valence-electron chi connectivity index (χ4n) is 6.55. The summed E-state index contributed by atoms with van der Waals surface area (Å²) in [6.07, 6.45) is 1.72. The van der Waals surface area contributed by atoms with Gasteiger partial charge in [0.05, 0.1) is 5.41 Å². The van der Waals surface area contributed by atoms with E-state index in [1.807, 2.05) is 41.3 Å². The Morgan fingerprint density at radius 1 is 0.825 bits per heavy atom. The van der Waals surface area contributed by atoms with Crippen LogP contribution in [0.3, 0.4) is 0 Å². The third kappa shape index (κ3) is 5.43. The average Bonchev–Trinajstić information content (AvgIpc) is 2.98. The Hall–Kier alpha value is -3.47. The van der Waals surface area contributed by atoms with E-state index in [0.717, 1.165) is 43.1 Å². The molecule has 1 amide bonds. The van der Waals surface area contributed by atoms with E-state index in [0.29, 0.717) is 13.1 Å².